The molecular formula is C13H14F2N4O. The third-order valence-electron chi connectivity index (χ3n) is 2.77. The van der Waals surface area contributed by atoms with Crippen molar-refractivity contribution in [2.45, 2.75) is 13.5 Å². The van der Waals surface area contributed by atoms with Crippen LogP contribution >= 0.6 is 0 Å². The Morgan fingerprint density at radius 2 is 2.15 bits per heavy atom. The molecule has 0 aliphatic rings. The maximum absolute atomic E-state index is 13.6. The molecule has 0 radical (unpaired) electrons. The summed E-state index contributed by atoms with van der Waals surface area (Å²) in [5.41, 5.74) is 3.63. The van der Waals surface area contributed by atoms with Crippen molar-refractivity contribution in [3.8, 4) is 5.69 Å². The van der Waals surface area contributed by atoms with Crippen molar-refractivity contribution in [1.29, 1.82) is 0 Å². The van der Waals surface area contributed by atoms with E-state index in [1.165, 1.54) is 28.7 Å². The average molecular weight is 280 g/mol. The van der Waals surface area contributed by atoms with Crippen molar-refractivity contribution >= 4 is 5.91 Å². The van der Waals surface area contributed by atoms with Crippen LogP contribution in [0.4, 0.5) is 8.78 Å². The normalized spacial score (nSPS) is 10.6. The predicted molar refractivity (Wildman–Crippen MR) is 68.8 cm³/mol. The number of nitrogens with zero attached hydrogens (tertiary/aromatic N) is 3. The van der Waals surface area contributed by atoms with Crippen LogP contribution in [-0.2, 0) is 11.3 Å². The Labute approximate surface area is 114 Å². The Balaban J connectivity index is 2.10. The molecule has 0 atom stereocenters. The zero-order valence-corrected chi connectivity index (χ0v) is 11.1. The summed E-state index contributed by atoms with van der Waals surface area (Å²) in [6.45, 7) is 1.76. The maximum atomic E-state index is 13.6. The van der Waals surface area contributed by atoms with E-state index in [9.17, 15) is 13.6 Å². The van der Waals surface area contributed by atoms with Crippen LogP contribution in [0.3, 0.4) is 0 Å². The summed E-state index contributed by atoms with van der Waals surface area (Å²) in [6.07, 6.45) is 1.57. The van der Waals surface area contributed by atoms with Crippen molar-refractivity contribution in [2.24, 2.45) is 0 Å². The van der Waals surface area contributed by atoms with Gasteiger partial charge in [-0.3, -0.25) is 9.80 Å². The number of amides is 1. The number of benzene rings is 1. The van der Waals surface area contributed by atoms with Crippen LogP contribution in [0.2, 0.25) is 0 Å². The molecule has 0 bridgehead atoms. The fraction of sp³-hybridized carbons (Fsp3) is 0.231. The lowest BCUT2D eigenvalue weighted by molar-refractivity contribution is -0.130. The molecule has 0 unspecified atom stereocenters. The smallest absolute Gasteiger partial charge is 0.233 e. The molecule has 106 valence electrons. The highest BCUT2D eigenvalue weighted by Gasteiger charge is 2.08. The van der Waals surface area contributed by atoms with Crippen LogP contribution in [0, 0.1) is 11.6 Å². The fourth-order valence-electron chi connectivity index (χ4n) is 1.57. The summed E-state index contributed by atoms with van der Waals surface area (Å²) in [5.74, 6) is -1.45. The predicted octanol–water partition coefficient (Wildman–Crippen LogP) is 1.63. The average Bonchev–Trinajstić information content (AvgIpc) is 2.84. The van der Waals surface area contributed by atoms with Gasteiger partial charge in [0.2, 0.25) is 5.91 Å². The molecule has 5 nitrogen and oxygen atoms in total. The molecular weight excluding hydrogens is 266 g/mol. The summed E-state index contributed by atoms with van der Waals surface area (Å²) in [6, 6.07) is 4.97. The van der Waals surface area contributed by atoms with Crippen molar-refractivity contribution in [3.63, 3.8) is 0 Å². The van der Waals surface area contributed by atoms with E-state index >= 15 is 0 Å². The van der Waals surface area contributed by atoms with E-state index in [1.807, 2.05) is 0 Å². The van der Waals surface area contributed by atoms with Crippen LogP contribution in [0.15, 0.2) is 30.5 Å². The fourth-order valence-corrected chi connectivity index (χ4v) is 1.57. The van der Waals surface area contributed by atoms with Gasteiger partial charge in [0, 0.05) is 26.2 Å². The highest BCUT2D eigenvalue weighted by Crippen LogP contribution is 2.14. The zero-order valence-electron chi connectivity index (χ0n) is 11.1. The molecule has 20 heavy (non-hydrogen) atoms. The molecule has 0 fully saturated rings. The zero-order chi connectivity index (χ0) is 14.7. The Morgan fingerprint density at radius 1 is 1.40 bits per heavy atom. The van der Waals surface area contributed by atoms with Gasteiger partial charge in [-0.1, -0.05) is 0 Å². The molecule has 1 N–H and O–H groups in total. The molecule has 1 heterocycles. The topological polar surface area (TPSA) is 50.2 Å². The number of hydrogen-bond acceptors (Lipinski definition) is 3. The maximum Gasteiger partial charge on any atom is 0.233 e. The molecule has 2 rings (SSSR count). The van der Waals surface area contributed by atoms with E-state index < -0.39 is 11.6 Å². The largest absolute Gasteiger partial charge is 0.281 e. The highest BCUT2D eigenvalue weighted by molar-refractivity contribution is 5.72. The number of hydrazine groups is 1. The van der Waals surface area contributed by atoms with Gasteiger partial charge in [0.05, 0.1) is 12.2 Å². The van der Waals surface area contributed by atoms with E-state index in [2.05, 4.69) is 10.5 Å². The van der Waals surface area contributed by atoms with Gasteiger partial charge in [0.25, 0.3) is 0 Å². The number of halogens is 2. The number of aromatic nitrogens is 2. The number of carbonyl (C=O) groups is 1. The molecule has 7 heteroatoms. The molecule has 0 saturated heterocycles. The van der Waals surface area contributed by atoms with Crippen LogP contribution in [0.1, 0.15) is 12.6 Å². The third kappa shape index (κ3) is 3.18. The minimum absolute atomic E-state index is 0.131. The molecule has 1 aromatic heterocycles. The first-order chi connectivity index (χ1) is 9.47. The van der Waals surface area contributed by atoms with Crippen LogP contribution in [0.5, 0.6) is 0 Å². The Bertz CT molecular complexity index is 627. The Morgan fingerprint density at radius 3 is 2.80 bits per heavy atom. The highest BCUT2D eigenvalue weighted by atomic mass is 19.1. The van der Waals surface area contributed by atoms with E-state index in [1.54, 1.807) is 19.3 Å². The summed E-state index contributed by atoms with van der Waals surface area (Å²) < 4.78 is 27.8. The van der Waals surface area contributed by atoms with Gasteiger partial charge in [-0.05, 0) is 18.2 Å². The van der Waals surface area contributed by atoms with Gasteiger partial charge >= 0.3 is 0 Å². The van der Waals surface area contributed by atoms with E-state index in [-0.39, 0.29) is 11.6 Å². The summed E-state index contributed by atoms with van der Waals surface area (Å²) in [7, 11) is 1.60. The number of carbonyl (C=O) groups excluding carboxylic acids is 1. The first kappa shape index (κ1) is 14.1. The number of rotatable bonds is 4. The van der Waals surface area contributed by atoms with E-state index in [4.69, 9.17) is 0 Å². The monoisotopic (exact) mass is 280 g/mol. The first-order valence-corrected chi connectivity index (χ1v) is 5.95. The van der Waals surface area contributed by atoms with Gasteiger partial charge in [0.15, 0.2) is 5.82 Å². The van der Waals surface area contributed by atoms with Crippen molar-refractivity contribution in [1.82, 2.24) is 20.2 Å². The summed E-state index contributed by atoms with van der Waals surface area (Å²) in [4.78, 5) is 11.0. The van der Waals surface area contributed by atoms with Crippen LogP contribution in [-0.4, -0.2) is 27.7 Å². The standard InChI is InChI=1S/C13H14F2N4O/c1-9(20)18(2)16-8-11-5-6-19(17-11)13-4-3-10(14)7-12(13)15/h3-7,16H,8H2,1-2H3. The lowest BCUT2D eigenvalue weighted by atomic mass is 10.3. The van der Waals surface area contributed by atoms with Gasteiger partial charge in [-0.15, -0.1) is 0 Å². The summed E-state index contributed by atoms with van der Waals surface area (Å²) in [5, 5.41) is 5.49. The quantitative estimate of drug-likeness (QED) is 0.866. The number of nitrogens with one attached hydrogen (secondary N) is 1. The van der Waals surface area contributed by atoms with Crippen molar-refractivity contribution in [3.05, 3.63) is 47.8 Å². The molecule has 0 aliphatic carbocycles. The Kier molecular flexibility index (Phi) is 4.09. The van der Waals surface area contributed by atoms with Crippen molar-refractivity contribution < 1.29 is 13.6 Å². The second-order valence-electron chi connectivity index (χ2n) is 4.26. The summed E-state index contributed by atoms with van der Waals surface area (Å²) >= 11 is 0. The third-order valence-corrected chi connectivity index (χ3v) is 2.77. The molecule has 0 aliphatic heterocycles. The minimum atomic E-state index is -0.687. The second kappa shape index (κ2) is 5.79. The van der Waals surface area contributed by atoms with E-state index in [0.717, 1.165) is 6.07 Å². The SMILES string of the molecule is CC(=O)N(C)NCc1ccn(-c2ccc(F)cc2F)n1. The molecule has 1 amide bonds. The van der Waals surface area contributed by atoms with Crippen LogP contribution in [0.25, 0.3) is 5.69 Å². The molecule has 0 saturated carbocycles. The lowest BCUT2D eigenvalue weighted by Crippen LogP contribution is -2.37. The van der Waals surface area contributed by atoms with Gasteiger partial charge in [0.1, 0.15) is 11.5 Å². The molecule has 0 spiro atoms. The minimum Gasteiger partial charge on any atom is -0.281 e. The van der Waals surface area contributed by atoms with Gasteiger partial charge in [-0.2, -0.15) is 5.10 Å². The number of hydrogen-bond donors (Lipinski definition) is 1. The molecule has 1 aromatic carbocycles. The van der Waals surface area contributed by atoms with Crippen LogP contribution < -0.4 is 5.43 Å². The van der Waals surface area contributed by atoms with Gasteiger partial charge in [-0.25, -0.2) is 18.9 Å². The Hall–Kier alpha value is -2.28. The molecule has 2 aromatic rings. The van der Waals surface area contributed by atoms with Gasteiger partial charge < -0.3 is 0 Å². The second-order valence-corrected chi connectivity index (χ2v) is 4.26. The lowest BCUT2D eigenvalue weighted by Gasteiger charge is -2.14. The van der Waals surface area contributed by atoms with E-state index in [0.29, 0.717) is 12.2 Å². The first-order valence-electron chi connectivity index (χ1n) is 5.95. The van der Waals surface area contributed by atoms with Crippen molar-refractivity contribution in [2.75, 3.05) is 7.05 Å².